The van der Waals surface area contributed by atoms with Crippen molar-refractivity contribution in [2.75, 3.05) is 13.2 Å². The number of benzene rings is 2. The van der Waals surface area contributed by atoms with Gasteiger partial charge in [-0.2, -0.15) is 0 Å². The van der Waals surface area contributed by atoms with E-state index < -0.39 is 10.9 Å². The van der Waals surface area contributed by atoms with Crippen LogP contribution in [0.3, 0.4) is 0 Å². The van der Waals surface area contributed by atoms with Gasteiger partial charge in [0.1, 0.15) is 5.69 Å². The van der Waals surface area contributed by atoms with E-state index in [9.17, 15) is 24.5 Å². The van der Waals surface area contributed by atoms with Gasteiger partial charge in [-0.1, -0.05) is 12.1 Å². The second-order valence-corrected chi connectivity index (χ2v) is 7.10. The third-order valence-corrected chi connectivity index (χ3v) is 5.27. The molecule has 9 heteroatoms. The van der Waals surface area contributed by atoms with Gasteiger partial charge in [-0.25, -0.2) is 4.79 Å². The summed E-state index contributed by atoms with van der Waals surface area (Å²) in [6.07, 6.45) is 0.705. The first-order valence-electron chi connectivity index (χ1n) is 9.83. The number of ether oxygens (including phenoxy) is 1. The molecule has 31 heavy (non-hydrogen) atoms. The summed E-state index contributed by atoms with van der Waals surface area (Å²) in [5.41, 5.74) is 2.02. The average Bonchev–Trinajstić information content (AvgIpc) is 3.24. The van der Waals surface area contributed by atoms with Gasteiger partial charge in [-0.05, 0) is 43.5 Å². The van der Waals surface area contributed by atoms with Crippen LogP contribution in [0.4, 0.5) is 5.69 Å². The van der Waals surface area contributed by atoms with Crippen molar-refractivity contribution in [2.24, 2.45) is 0 Å². The number of nitrogens with zero attached hydrogens (tertiary/aromatic N) is 2. The number of hydrogen-bond acceptors (Lipinski definition) is 6. The number of H-pyrrole nitrogens is 1. The molecule has 1 N–H and O–H groups in total. The number of aryl methyl sites for hydroxylation is 1. The van der Waals surface area contributed by atoms with Gasteiger partial charge in [0.05, 0.1) is 22.7 Å². The lowest BCUT2D eigenvalue weighted by Gasteiger charge is -2.13. The van der Waals surface area contributed by atoms with E-state index in [4.69, 9.17) is 4.74 Å². The van der Waals surface area contributed by atoms with Crippen LogP contribution in [0.5, 0.6) is 0 Å². The second-order valence-electron chi connectivity index (χ2n) is 7.10. The number of amides is 2. The number of aromatic amines is 1. The van der Waals surface area contributed by atoms with Crippen LogP contribution in [-0.4, -0.2) is 45.7 Å². The normalized spacial score (nSPS) is 13.0. The SMILES string of the molecule is CCOC(=O)c1[nH]c2ccc([N+](=O)[O-])cc2c1CCCN1C(=O)c2ccccc2C1=O. The number of rotatable bonds is 7. The summed E-state index contributed by atoms with van der Waals surface area (Å²) in [7, 11) is 0. The van der Waals surface area contributed by atoms with Crippen LogP contribution < -0.4 is 0 Å². The molecule has 2 amide bonds. The Hall–Kier alpha value is -4.01. The van der Waals surface area contributed by atoms with Crippen molar-refractivity contribution < 1.29 is 24.0 Å². The third-order valence-electron chi connectivity index (χ3n) is 5.27. The molecule has 0 saturated heterocycles. The molecule has 2 aromatic carbocycles. The molecule has 1 aliphatic heterocycles. The highest BCUT2D eigenvalue weighted by atomic mass is 16.6. The minimum Gasteiger partial charge on any atom is -0.461 e. The Morgan fingerprint density at radius 1 is 1.13 bits per heavy atom. The number of hydrogen-bond donors (Lipinski definition) is 1. The van der Waals surface area contributed by atoms with Gasteiger partial charge in [0.25, 0.3) is 17.5 Å². The Bertz CT molecular complexity index is 1190. The van der Waals surface area contributed by atoms with Crippen molar-refractivity contribution in [1.82, 2.24) is 9.88 Å². The van der Waals surface area contributed by atoms with Gasteiger partial charge < -0.3 is 9.72 Å². The van der Waals surface area contributed by atoms with E-state index in [0.717, 1.165) is 0 Å². The predicted octanol–water partition coefficient (Wildman–Crippen LogP) is 3.48. The van der Waals surface area contributed by atoms with Gasteiger partial charge in [-0.15, -0.1) is 0 Å². The van der Waals surface area contributed by atoms with E-state index in [1.807, 2.05) is 0 Å². The lowest BCUT2D eigenvalue weighted by molar-refractivity contribution is -0.384. The molecule has 4 rings (SSSR count). The van der Waals surface area contributed by atoms with E-state index in [-0.39, 0.29) is 36.3 Å². The average molecular weight is 421 g/mol. The first-order valence-corrected chi connectivity index (χ1v) is 9.83. The van der Waals surface area contributed by atoms with Crippen LogP contribution in [0.25, 0.3) is 10.9 Å². The highest BCUT2D eigenvalue weighted by Crippen LogP contribution is 2.29. The van der Waals surface area contributed by atoms with Crippen LogP contribution >= 0.6 is 0 Å². The molecule has 0 fully saturated rings. The molecular formula is C22H19N3O6. The standard InChI is InChI=1S/C22H19N3O6/c1-2-31-22(28)19-14(17-12-13(25(29)30)9-10-18(17)23-19)8-5-11-24-20(26)15-6-3-4-7-16(15)21(24)27/h3-4,6-7,9-10,12,23H,2,5,8,11H2,1H3. The Morgan fingerprint density at radius 2 is 1.81 bits per heavy atom. The minimum atomic E-state index is -0.558. The van der Waals surface area contributed by atoms with Crippen molar-refractivity contribution in [3.63, 3.8) is 0 Å². The number of fused-ring (bicyclic) bond motifs is 2. The third kappa shape index (κ3) is 3.54. The number of nitro benzene ring substituents is 1. The Labute approximate surface area is 176 Å². The molecule has 158 valence electrons. The number of non-ortho nitro benzene ring substituents is 1. The number of nitrogens with one attached hydrogen (secondary N) is 1. The fourth-order valence-corrected chi connectivity index (χ4v) is 3.84. The summed E-state index contributed by atoms with van der Waals surface area (Å²) in [6, 6.07) is 11.0. The molecule has 1 aromatic heterocycles. The summed E-state index contributed by atoms with van der Waals surface area (Å²) in [5, 5.41) is 11.7. The summed E-state index contributed by atoms with van der Waals surface area (Å²) >= 11 is 0. The first kappa shape index (κ1) is 20.3. The maximum Gasteiger partial charge on any atom is 0.355 e. The molecule has 2 heterocycles. The lowest BCUT2D eigenvalue weighted by atomic mass is 10.0. The fraction of sp³-hybridized carbons (Fsp3) is 0.227. The Kier molecular flexibility index (Phi) is 5.24. The van der Waals surface area contributed by atoms with E-state index >= 15 is 0 Å². The van der Waals surface area contributed by atoms with E-state index in [0.29, 0.717) is 40.4 Å². The lowest BCUT2D eigenvalue weighted by Crippen LogP contribution is -2.31. The van der Waals surface area contributed by atoms with Gasteiger partial charge in [0.15, 0.2) is 0 Å². The predicted molar refractivity (Wildman–Crippen MR) is 111 cm³/mol. The van der Waals surface area contributed by atoms with Crippen molar-refractivity contribution in [2.45, 2.75) is 19.8 Å². The fourth-order valence-electron chi connectivity index (χ4n) is 3.84. The van der Waals surface area contributed by atoms with E-state index in [1.54, 1.807) is 37.3 Å². The molecule has 1 aliphatic rings. The zero-order valence-electron chi connectivity index (χ0n) is 16.7. The molecule has 0 bridgehead atoms. The second kappa shape index (κ2) is 8.02. The molecule has 0 radical (unpaired) electrons. The number of nitro groups is 1. The molecular weight excluding hydrogens is 402 g/mol. The number of carbonyl (C=O) groups is 3. The van der Waals surface area contributed by atoms with Crippen LogP contribution in [-0.2, 0) is 11.2 Å². The summed E-state index contributed by atoms with van der Waals surface area (Å²) in [4.78, 5) is 52.4. The van der Waals surface area contributed by atoms with Crippen molar-refractivity contribution >= 4 is 34.4 Å². The largest absolute Gasteiger partial charge is 0.461 e. The number of imide groups is 1. The summed E-state index contributed by atoms with van der Waals surface area (Å²) in [6.45, 7) is 2.03. The van der Waals surface area contributed by atoms with Gasteiger partial charge >= 0.3 is 5.97 Å². The van der Waals surface area contributed by atoms with E-state index in [2.05, 4.69) is 4.98 Å². The van der Waals surface area contributed by atoms with Gasteiger partial charge in [-0.3, -0.25) is 24.6 Å². The van der Waals surface area contributed by atoms with Gasteiger partial charge in [0.2, 0.25) is 0 Å². The van der Waals surface area contributed by atoms with Crippen molar-refractivity contribution in [3.05, 3.63) is 75.0 Å². The number of carbonyl (C=O) groups excluding carboxylic acids is 3. The zero-order chi connectivity index (χ0) is 22.1. The molecule has 9 nitrogen and oxygen atoms in total. The monoisotopic (exact) mass is 421 g/mol. The first-order chi connectivity index (χ1) is 14.9. The molecule has 0 atom stereocenters. The van der Waals surface area contributed by atoms with Crippen LogP contribution in [0.15, 0.2) is 42.5 Å². The molecule has 0 aliphatic carbocycles. The zero-order valence-corrected chi connectivity index (χ0v) is 16.7. The van der Waals surface area contributed by atoms with Crippen LogP contribution in [0.1, 0.15) is 50.1 Å². The van der Waals surface area contributed by atoms with Crippen LogP contribution in [0.2, 0.25) is 0 Å². The molecule has 0 spiro atoms. The Morgan fingerprint density at radius 3 is 2.42 bits per heavy atom. The summed E-state index contributed by atoms with van der Waals surface area (Å²) < 4.78 is 5.11. The molecule has 0 saturated carbocycles. The highest BCUT2D eigenvalue weighted by molar-refractivity contribution is 6.21. The van der Waals surface area contributed by atoms with Crippen LogP contribution in [0, 0.1) is 10.1 Å². The molecule has 3 aromatic rings. The smallest absolute Gasteiger partial charge is 0.355 e. The maximum absolute atomic E-state index is 12.5. The minimum absolute atomic E-state index is 0.0940. The van der Waals surface area contributed by atoms with Crippen molar-refractivity contribution in [1.29, 1.82) is 0 Å². The van der Waals surface area contributed by atoms with Gasteiger partial charge in [0, 0.05) is 29.6 Å². The maximum atomic E-state index is 12.5. The van der Waals surface area contributed by atoms with E-state index in [1.165, 1.54) is 17.0 Å². The number of esters is 1. The number of aromatic nitrogens is 1. The highest BCUT2D eigenvalue weighted by Gasteiger charge is 2.34. The summed E-state index contributed by atoms with van der Waals surface area (Å²) in [5.74, 6) is -1.25. The molecule has 0 unspecified atom stereocenters. The van der Waals surface area contributed by atoms with Crippen molar-refractivity contribution in [3.8, 4) is 0 Å². The quantitative estimate of drug-likeness (QED) is 0.270. The topological polar surface area (TPSA) is 123 Å². The Balaban J connectivity index is 1.60.